The summed E-state index contributed by atoms with van der Waals surface area (Å²) < 4.78 is 0. The van der Waals surface area contributed by atoms with E-state index in [1.807, 2.05) is 0 Å². The van der Waals surface area contributed by atoms with Crippen LogP contribution in [0.2, 0.25) is 0 Å². The van der Waals surface area contributed by atoms with E-state index in [4.69, 9.17) is 0 Å². The van der Waals surface area contributed by atoms with Crippen molar-refractivity contribution in [1.29, 1.82) is 0 Å². The Morgan fingerprint density at radius 1 is 1.09 bits per heavy atom. The van der Waals surface area contributed by atoms with Crippen LogP contribution in [-0.2, 0) is 17.9 Å². The van der Waals surface area contributed by atoms with Crippen LogP contribution in [0.25, 0.3) is 0 Å². The molecule has 0 aromatic heterocycles. The fraction of sp³-hybridized carbons (Fsp3) is 0.650. The molecule has 0 bridgehead atoms. The van der Waals surface area contributed by atoms with Crippen LogP contribution in [0.4, 0.5) is 0 Å². The minimum atomic E-state index is 0.233. The molecule has 2 aliphatic rings. The lowest BCUT2D eigenvalue weighted by Crippen LogP contribution is -2.38. The average molecular weight is 314 g/mol. The molecule has 1 saturated heterocycles. The molecule has 1 aliphatic carbocycles. The van der Waals surface area contributed by atoms with E-state index in [9.17, 15) is 4.79 Å². The summed E-state index contributed by atoms with van der Waals surface area (Å²) in [5, 5.41) is 3.06. The first-order valence-corrected chi connectivity index (χ1v) is 9.18. The number of piperidine rings is 1. The number of hydrogen-bond acceptors (Lipinski definition) is 2. The lowest BCUT2D eigenvalue weighted by molar-refractivity contribution is -0.127. The molecular formula is C20H30N2O. The first-order chi connectivity index (χ1) is 11.1. The van der Waals surface area contributed by atoms with Crippen LogP contribution in [0.5, 0.6) is 0 Å². The van der Waals surface area contributed by atoms with Crippen molar-refractivity contribution in [2.24, 2.45) is 17.8 Å². The quantitative estimate of drug-likeness (QED) is 0.901. The molecular weight excluding hydrogens is 284 g/mol. The fourth-order valence-electron chi connectivity index (χ4n) is 3.95. The summed E-state index contributed by atoms with van der Waals surface area (Å²) in [6.45, 7) is 8.84. The van der Waals surface area contributed by atoms with Gasteiger partial charge in [-0.1, -0.05) is 44.5 Å². The number of rotatable bonds is 5. The van der Waals surface area contributed by atoms with Gasteiger partial charge in [-0.25, -0.2) is 0 Å². The Balaban J connectivity index is 1.47. The average Bonchev–Trinajstić information content (AvgIpc) is 2.43. The zero-order chi connectivity index (χ0) is 16.2. The number of carbonyl (C=O) groups excluding carboxylic acids is 1. The van der Waals surface area contributed by atoms with E-state index >= 15 is 0 Å². The second-order valence-electron chi connectivity index (χ2n) is 7.80. The molecule has 1 heterocycles. The van der Waals surface area contributed by atoms with Gasteiger partial charge >= 0.3 is 0 Å². The molecule has 3 nitrogen and oxygen atoms in total. The third-order valence-electron chi connectivity index (χ3n) is 5.32. The van der Waals surface area contributed by atoms with Crippen LogP contribution in [0.1, 0.15) is 50.7 Å². The van der Waals surface area contributed by atoms with E-state index in [-0.39, 0.29) is 11.8 Å². The highest BCUT2D eigenvalue weighted by Crippen LogP contribution is 2.26. The van der Waals surface area contributed by atoms with E-state index in [0.717, 1.165) is 31.2 Å². The van der Waals surface area contributed by atoms with Crippen LogP contribution >= 0.6 is 0 Å². The Morgan fingerprint density at radius 3 is 2.26 bits per heavy atom. The van der Waals surface area contributed by atoms with Crippen molar-refractivity contribution in [2.45, 2.75) is 52.6 Å². The summed E-state index contributed by atoms with van der Waals surface area (Å²) >= 11 is 0. The molecule has 1 amide bonds. The molecule has 1 aromatic carbocycles. The summed E-state index contributed by atoms with van der Waals surface area (Å²) in [4.78, 5) is 14.4. The minimum absolute atomic E-state index is 0.233. The van der Waals surface area contributed by atoms with Crippen LogP contribution in [0.15, 0.2) is 24.3 Å². The minimum Gasteiger partial charge on any atom is -0.352 e. The number of nitrogens with one attached hydrogen (secondary N) is 1. The maximum atomic E-state index is 11.9. The molecule has 1 N–H and O–H groups in total. The number of benzene rings is 1. The van der Waals surface area contributed by atoms with Crippen molar-refractivity contribution in [1.82, 2.24) is 10.2 Å². The first-order valence-electron chi connectivity index (χ1n) is 9.18. The smallest absolute Gasteiger partial charge is 0.223 e. The fourth-order valence-corrected chi connectivity index (χ4v) is 3.95. The van der Waals surface area contributed by atoms with Crippen molar-refractivity contribution in [3.05, 3.63) is 35.4 Å². The molecule has 1 aliphatic heterocycles. The predicted octanol–water partition coefficient (Wildman–Crippen LogP) is 3.58. The third kappa shape index (κ3) is 4.57. The van der Waals surface area contributed by atoms with Crippen LogP contribution in [0, 0.1) is 17.8 Å². The Bertz CT molecular complexity index is 511. The van der Waals surface area contributed by atoms with E-state index < -0.39 is 0 Å². The summed E-state index contributed by atoms with van der Waals surface area (Å²) in [6.07, 6.45) is 4.70. The van der Waals surface area contributed by atoms with E-state index in [0.29, 0.717) is 6.54 Å². The van der Waals surface area contributed by atoms with Gasteiger partial charge in [-0.15, -0.1) is 0 Å². The normalized spacial score (nSPS) is 25.8. The van der Waals surface area contributed by atoms with E-state index in [1.165, 1.54) is 37.1 Å². The molecule has 0 unspecified atom stereocenters. The molecule has 2 atom stereocenters. The molecule has 1 aromatic rings. The third-order valence-corrected chi connectivity index (χ3v) is 5.32. The van der Waals surface area contributed by atoms with E-state index in [2.05, 4.69) is 48.3 Å². The van der Waals surface area contributed by atoms with Gasteiger partial charge in [0.2, 0.25) is 5.91 Å². The topological polar surface area (TPSA) is 32.3 Å². The van der Waals surface area contributed by atoms with Gasteiger partial charge in [0.1, 0.15) is 0 Å². The Morgan fingerprint density at radius 2 is 1.70 bits per heavy atom. The summed E-state index contributed by atoms with van der Waals surface area (Å²) in [7, 11) is 0. The SMILES string of the molecule is C[C@@H]1C[C@@H](C)CN(Cc2ccc(CNC(=O)C3CCC3)cc2)C1. The number of likely N-dealkylation sites (tertiary alicyclic amines) is 1. The van der Waals surface area contributed by atoms with Crippen molar-refractivity contribution >= 4 is 5.91 Å². The van der Waals surface area contributed by atoms with Crippen molar-refractivity contribution < 1.29 is 4.79 Å². The highest BCUT2D eigenvalue weighted by atomic mass is 16.1. The molecule has 3 heteroatoms. The Labute approximate surface area is 140 Å². The van der Waals surface area contributed by atoms with Gasteiger partial charge < -0.3 is 5.32 Å². The number of nitrogens with zero attached hydrogens (tertiary/aromatic N) is 1. The van der Waals surface area contributed by atoms with Crippen LogP contribution < -0.4 is 5.32 Å². The van der Waals surface area contributed by atoms with Gasteiger partial charge in [0, 0.05) is 32.1 Å². The van der Waals surface area contributed by atoms with Gasteiger partial charge in [-0.3, -0.25) is 9.69 Å². The highest BCUT2D eigenvalue weighted by molar-refractivity contribution is 5.79. The number of carbonyl (C=O) groups is 1. The van der Waals surface area contributed by atoms with Gasteiger partial charge in [0.05, 0.1) is 0 Å². The van der Waals surface area contributed by atoms with Crippen LogP contribution in [-0.4, -0.2) is 23.9 Å². The van der Waals surface area contributed by atoms with Gasteiger partial charge in [-0.2, -0.15) is 0 Å². The molecule has 1 saturated carbocycles. The van der Waals surface area contributed by atoms with Gasteiger partial charge in [-0.05, 0) is 42.2 Å². The zero-order valence-electron chi connectivity index (χ0n) is 14.6. The van der Waals surface area contributed by atoms with Gasteiger partial charge in [0.15, 0.2) is 0 Å². The van der Waals surface area contributed by atoms with Gasteiger partial charge in [0.25, 0.3) is 0 Å². The number of amides is 1. The molecule has 23 heavy (non-hydrogen) atoms. The number of hydrogen-bond donors (Lipinski definition) is 1. The lowest BCUT2D eigenvalue weighted by atomic mass is 9.85. The molecule has 3 rings (SSSR count). The maximum absolute atomic E-state index is 11.9. The van der Waals surface area contributed by atoms with Crippen LogP contribution in [0.3, 0.4) is 0 Å². The lowest BCUT2D eigenvalue weighted by Gasteiger charge is -2.35. The Kier molecular flexibility index (Phi) is 5.37. The van der Waals surface area contributed by atoms with Crippen molar-refractivity contribution in [3.8, 4) is 0 Å². The molecule has 126 valence electrons. The zero-order valence-corrected chi connectivity index (χ0v) is 14.6. The molecule has 0 radical (unpaired) electrons. The summed E-state index contributed by atoms with van der Waals surface area (Å²) in [5.41, 5.74) is 2.57. The highest BCUT2D eigenvalue weighted by Gasteiger charge is 2.24. The summed E-state index contributed by atoms with van der Waals surface area (Å²) in [5.74, 6) is 2.12. The second-order valence-corrected chi connectivity index (χ2v) is 7.80. The van der Waals surface area contributed by atoms with Crippen molar-refractivity contribution in [3.63, 3.8) is 0 Å². The predicted molar refractivity (Wildman–Crippen MR) is 93.9 cm³/mol. The maximum Gasteiger partial charge on any atom is 0.223 e. The standard InChI is InChI=1S/C20H30N2O/c1-15-10-16(2)13-22(12-15)14-18-8-6-17(7-9-18)11-21-20(23)19-4-3-5-19/h6-9,15-16,19H,3-5,10-14H2,1-2H3,(H,21,23)/t15-,16-/m1/s1. The second kappa shape index (κ2) is 7.48. The van der Waals surface area contributed by atoms with Crippen molar-refractivity contribution in [2.75, 3.05) is 13.1 Å². The molecule has 2 fully saturated rings. The first kappa shape index (κ1) is 16.5. The van der Waals surface area contributed by atoms with E-state index in [1.54, 1.807) is 0 Å². The largest absolute Gasteiger partial charge is 0.352 e. The monoisotopic (exact) mass is 314 g/mol. The summed E-state index contributed by atoms with van der Waals surface area (Å²) in [6, 6.07) is 8.75. The Hall–Kier alpha value is -1.35. The molecule has 0 spiro atoms.